The molecule has 2 aliphatic heterocycles. The number of anilines is 2. The topological polar surface area (TPSA) is 120 Å². The van der Waals surface area contributed by atoms with Crippen LogP contribution in [0, 0.1) is 0 Å². The zero-order valence-electron chi connectivity index (χ0n) is 25.3. The highest BCUT2D eigenvalue weighted by Gasteiger charge is 2.31. The van der Waals surface area contributed by atoms with Crippen LogP contribution in [0.4, 0.5) is 16.2 Å². The second-order valence-corrected chi connectivity index (χ2v) is 11.5. The van der Waals surface area contributed by atoms with Crippen molar-refractivity contribution in [3.05, 3.63) is 82.9 Å². The maximum atomic E-state index is 13.0. The highest BCUT2D eigenvalue weighted by atomic mass is 16.5. The third kappa shape index (κ3) is 7.34. The Hall–Kier alpha value is -4.51. The summed E-state index contributed by atoms with van der Waals surface area (Å²) in [5.74, 6) is 0.212. The molecule has 1 saturated heterocycles. The lowest BCUT2D eigenvalue weighted by atomic mass is 9.89. The fourth-order valence-corrected chi connectivity index (χ4v) is 5.94. The van der Waals surface area contributed by atoms with Crippen LogP contribution >= 0.6 is 0 Å². The first kappa shape index (κ1) is 30.9. The van der Waals surface area contributed by atoms with Crippen LogP contribution in [0.2, 0.25) is 0 Å². The van der Waals surface area contributed by atoms with Gasteiger partial charge in [0.15, 0.2) is 0 Å². The van der Waals surface area contributed by atoms with Crippen molar-refractivity contribution < 1.29 is 19.1 Å². The van der Waals surface area contributed by atoms with E-state index < -0.39 is 0 Å². The summed E-state index contributed by atoms with van der Waals surface area (Å²) >= 11 is 0. The van der Waals surface area contributed by atoms with Gasteiger partial charge in [-0.3, -0.25) is 14.5 Å². The Labute approximate surface area is 259 Å². The first-order valence-electron chi connectivity index (χ1n) is 14.9. The number of nitrogens with zero attached hydrogens (tertiary/aromatic N) is 3. The van der Waals surface area contributed by atoms with Crippen LogP contribution in [-0.4, -0.2) is 86.8 Å². The van der Waals surface area contributed by atoms with Gasteiger partial charge in [0.05, 0.1) is 13.7 Å². The summed E-state index contributed by atoms with van der Waals surface area (Å²) in [4.78, 5) is 44.8. The molecule has 3 aromatic carbocycles. The van der Waals surface area contributed by atoms with Crippen LogP contribution in [-0.2, 0) is 24.3 Å². The van der Waals surface area contributed by atoms with Crippen LogP contribution in [0.3, 0.4) is 0 Å². The quantitative estimate of drug-likeness (QED) is 0.259. The number of carbonyl (C=O) groups is 3. The van der Waals surface area contributed by atoms with Crippen molar-refractivity contribution in [2.45, 2.75) is 38.4 Å². The summed E-state index contributed by atoms with van der Waals surface area (Å²) in [6.07, 6.45) is 2.05. The van der Waals surface area contributed by atoms with Gasteiger partial charge in [-0.15, -0.1) is 0 Å². The number of carbonyl (C=O) groups excluding carboxylic acids is 3. The lowest BCUT2D eigenvalue weighted by Gasteiger charge is -2.38. The van der Waals surface area contributed by atoms with Crippen molar-refractivity contribution in [2.24, 2.45) is 0 Å². The summed E-state index contributed by atoms with van der Waals surface area (Å²) in [5, 5.41) is 5.77. The average Bonchev–Trinajstić information content (AvgIpc) is 3.19. The maximum Gasteiger partial charge on any atom is 0.322 e. The highest BCUT2D eigenvalue weighted by molar-refractivity contribution is 6.36. The number of ether oxygens (including phenoxy) is 1. The second-order valence-electron chi connectivity index (χ2n) is 11.5. The first-order valence-corrected chi connectivity index (χ1v) is 14.9. The number of amides is 4. The van der Waals surface area contributed by atoms with Crippen molar-refractivity contribution in [1.29, 1.82) is 0 Å². The van der Waals surface area contributed by atoms with Gasteiger partial charge in [0.2, 0.25) is 5.91 Å². The van der Waals surface area contributed by atoms with E-state index in [4.69, 9.17) is 18.3 Å². The number of fused-ring (bicyclic) bond motifs is 1. The number of rotatable bonds is 9. The smallest absolute Gasteiger partial charge is 0.322 e. The molecule has 0 bridgehead atoms. The summed E-state index contributed by atoms with van der Waals surface area (Å²) in [5.41, 5.74) is 11.1. The van der Waals surface area contributed by atoms with Crippen LogP contribution in [0.25, 0.3) is 0 Å². The van der Waals surface area contributed by atoms with Crippen LogP contribution in [0.1, 0.15) is 39.9 Å². The summed E-state index contributed by atoms with van der Waals surface area (Å²) in [7, 11) is 9.76. The van der Waals surface area contributed by atoms with Crippen LogP contribution in [0.15, 0.2) is 60.7 Å². The molecular formula is C33H39BN6O4. The zero-order valence-corrected chi connectivity index (χ0v) is 25.3. The minimum absolute atomic E-state index is 0.0287. The second kappa shape index (κ2) is 13.9. The van der Waals surface area contributed by atoms with Crippen molar-refractivity contribution in [3.63, 3.8) is 0 Å². The number of piperidine rings is 1. The van der Waals surface area contributed by atoms with E-state index in [0.29, 0.717) is 62.3 Å². The van der Waals surface area contributed by atoms with Gasteiger partial charge in [-0.2, -0.15) is 0 Å². The molecule has 3 aromatic rings. The molecule has 0 aromatic heterocycles. The Morgan fingerprint density at radius 1 is 1.07 bits per heavy atom. The average molecular weight is 595 g/mol. The van der Waals surface area contributed by atoms with E-state index in [-0.39, 0.29) is 30.4 Å². The van der Waals surface area contributed by atoms with Crippen molar-refractivity contribution in [2.75, 3.05) is 51.4 Å². The predicted molar refractivity (Wildman–Crippen MR) is 172 cm³/mol. The molecular weight excluding hydrogens is 555 g/mol. The lowest BCUT2D eigenvalue weighted by molar-refractivity contribution is -0.131. The van der Waals surface area contributed by atoms with E-state index in [1.807, 2.05) is 48.3 Å². The van der Waals surface area contributed by atoms with Crippen LogP contribution < -0.4 is 26.6 Å². The Morgan fingerprint density at radius 3 is 2.55 bits per heavy atom. The number of nitrogen functional groups attached to an aromatic ring is 1. The predicted octanol–water partition coefficient (Wildman–Crippen LogP) is 2.51. The number of nitrogens with two attached hydrogens (primary N) is 1. The summed E-state index contributed by atoms with van der Waals surface area (Å²) < 4.78 is 5.33. The molecule has 228 valence electrons. The standard InChI is InChI=1S/C33H39BN6O4/c1-38(20-22-6-4-3-5-7-22)21-25-16-24(18-28(34)31(25)35)32(42)36-19-30(41)39-13-11-26(12-14-39)40-15-10-23-17-27(44-2)8-9-29(23)37-33(40)43/h3-9,16-18,26H,10-15,19-21,35H2,1-2H3,(H,36,42)(H,37,43). The third-order valence-electron chi connectivity index (χ3n) is 8.39. The molecule has 10 nitrogen and oxygen atoms in total. The van der Waals surface area contributed by atoms with E-state index in [9.17, 15) is 14.4 Å². The number of likely N-dealkylation sites (tertiary alicyclic amines) is 1. The van der Waals surface area contributed by atoms with Gasteiger partial charge in [0.1, 0.15) is 13.6 Å². The number of hydrogen-bond acceptors (Lipinski definition) is 6. The molecule has 1 fully saturated rings. The van der Waals surface area contributed by atoms with Gasteiger partial charge >= 0.3 is 6.03 Å². The molecule has 0 unspecified atom stereocenters. The minimum atomic E-state index is -0.385. The Morgan fingerprint density at radius 2 is 1.82 bits per heavy atom. The third-order valence-corrected chi connectivity index (χ3v) is 8.39. The monoisotopic (exact) mass is 594 g/mol. The van der Waals surface area contributed by atoms with Gasteiger partial charge in [-0.25, -0.2) is 4.79 Å². The number of nitrogens with one attached hydrogen (secondary N) is 2. The molecule has 2 heterocycles. The number of methoxy groups -OCH3 is 1. The fourth-order valence-electron chi connectivity index (χ4n) is 5.94. The van der Waals surface area contributed by atoms with Gasteiger partial charge in [-0.05, 0) is 67.3 Å². The molecule has 0 atom stereocenters. The van der Waals surface area contributed by atoms with E-state index >= 15 is 0 Å². The molecule has 4 amide bonds. The van der Waals surface area contributed by atoms with Gasteiger partial charge in [-0.1, -0.05) is 41.9 Å². The maximum absolute atomic E-state index is 13.0. The number of hydrogen-bond donors (Lipinski definition) is 3. The molecule has 5 rings (SSSR count). The molecule has 11 heteroatoms. The fraction of sp³-hybridized carbons (Fsp3) is 0.364. The van der Waals surface area contributed by atoms with Crippen molar-refractivity contribution in [1.82, 2.24) is 20.0 Å². The van der Waals surface area contributed by atoms with E-state index in [2.05, 4.69) is 27.7 Å². The lowest BCUT2D eigenvalue weighted by Crippen LogP contribution is -2.51. The summed E-state index contributed by atoms with van der Waals surface area (Å²) in [6, 6.07) is 18.9. The largest absolute Gasteiger partial charge is 0.497 e. The summed E-state index contributed by atoms with van der Waals surface area (Å²) in [6.45, 7) is 2.71. The van der Waals surface area contributed by atoms with E-state index in [0.717, 1.165) is 29.0 Å². The Kier molecular flexibility index (Phi) is 9.74. The molecule has 0 spiro atoms. The first-order chi connectivity index (χ1) is 21.2. The van der Waals surface area contributed by atoms with Crippen molar-refractivity contribution in [3.8, 4) is 5.75 Å². The Balaban J connectivity index is 1.12. The molecule has 2 aliphatic rings. The SMILES string of the molecule is [B]c1cc(C(=O)NCC(=O)N2CCC(N3CCc4cc(OC)ccc4NC3=O)CC2)cc(CN(C)Cc2ccccc2)c1N. The molecule has 0 aliphatic carbocycles. The minimum Gasteiger partial charge on any atom is -0.497 e. The van der Waals surface area contributed by atoms with E-state index in [1.54, 1.807) is 24.1 Å². The van der Waals surface area contributed by atoms with Crippen molar-refractivity contribution >= 4 is 42.5 Å². The van der Waals surface area contributed by atoms with Crippen LogP contribution in [0.5, 0.6) is 5.75 Å². The zero-order chi connectivity index (χ0) is 31.2. The van der Waals surface area contributed by atoms with Gasteiger partial charge in [0, 0.05) is 55.7 Å². The molecule has 4 N–H and O–H groups in total. The van der Waals surface area contributed by atoms with Gasteiger partial charge in [0.25, 0.3) is 5.91 Å². The van der Waals surface area contributed by atoms with E-state index in [1.165, 1.54) is 5.56 Å². The Bertz CT molecular complexity index is 1510. The molecule has 44 heavy (non-hydrogen) atoms. The number of benzene rings is 3. The molecule has 0 saturated carbocycles. The molecule has 2 radical (unpaired) electrons. The highest BCUT2D eigenvalue weighted by Crippen LogP contribution is 2.27. The normalized spacial score (nSPS) is 15.4. The van der Waals surface area contributed by atoms with Gasteiger partial charge < -0.3 is 30.9 Å². The number of urea groups is 1.